The normalized spacial score (nSPS) is 16.6. The number of aromatic nitrogens is 1. The Morgan fingerprint density at radius 1 is 1.53 bits per heavy atom. The highest BCUT2D eigenvalue weighted by Crippen LogP contribution is 2.27. The van der Waals surface area contributed by atoms with Gasteiger partial charge in [-0.3, -0.25) is 9.78 Å². The van der Waals surface area contributed by atoms with Crippen molar-refractivity contribution < 1.29 is 4.79 Å². The number of Topliss-reactive ketones (excluding diaryl/α,β-unsaturated/α-hetero) is 1. The van der Waals surface area contributed by atoms with Crippen molar-refractivity contribution in [3.8, 4) is 5.97 Å². The average molecular weight is 247 g/mol. The zero-order valence-corrected chi connectivity index (χ0v) is 10.2. The summed E-state index contributed by atoms with van der Waals surface area (Å²) in [5, 5.41) is 9.34. The molecule has 0 atom stereocenters. The highest BCUT2D eigenvalue weighted by atomic mass is 35.5. The van der Waals surface area contributed by atoms with E-state index in [1.807, 2.05) is 0 Å². The standard InChI is InChI=1S/C12H12BClN2O/c14-10-3-6-16-11(7-10)12(17)9-1-4-13(8-15)5-2-9/h3,6-7,9H,1-2,4-5H2. The minimum atomic E-state index is 0.00515. The van der Waals surface area contributed by atoms with E-state index in [1.54, 1.807) is 18.3 Å². The lowest BCUT2D eigenvalue weighted by atomic mass is 9.41. The molecule has 2 rings (SSSR count). The van der Waals surface area contributed by atoms with Crippen molar-refractivity contribution in [3.63, 3.8) is 0 Å². The van der Waals surface area contributed by atoms with E-state index in [4.69, 9.17) is 16.9 Å². The fourth-order valence-corrected chi connectivity index (χ4v) is 2.39. The minimum Gasteiger partial charge on any atom is -0.292 e. The molecule has 1 aromatic heterocycles. The zero-order chi connectivity index (χ0) is 12.3. The molecule has 0 bridgehead atoms. The van der Waals surface area contributed by atoms with Gasteiger partial charge in [0.1, 0.15) is 5.69 Å². The molecule has 0 spiro atoms. The van der Waals surface area contributed by atoms with Crippen LogP contribution < -0.4 is 0 Å². The molecular formula is C12H12BClN2O. The number of rotatable bonds is 2. The molecule has 0 radical (unpaired) electrons. The van der Waals surface area contributed by atoms with Crippen LogP contribution in [-0.4, -0.2) is 17.5 Å². The Bertz CT molecular complexity index is 464. The van der Waals surface area contributed by atoms with E-state index >= 15 is 0 Å². The van der Waals surface area contributed by atoms with Crippen LogP contribution in [0.1, 0.15) is 23.3 Å². The van der Waals surface area contributed by atoms with E-state index in [9.17, 15) is 4.79 Å². The Morgan fingerprint density at radius 2 is 2.24 bits per heavy atom. The van der Waals surface area contributed by atoms with Gasteiger partial charge in [0.05, 0.1) is 0 Å². The molecular weight excluding hydrogens is 234 g/mol. The molecule has 0 saturated carbocycles. The smallest absolute Gasteiger partial charge is 0.267 e. The molecule has 17 heavy (non-hydrogen) atoms. The van der Waals surface area contributed by atoms with Gasteiger partial charge in [-0.05, 0) is 25.0 Å². The first-order valence-corrected chi connectivity index (χ1v) is 6.14. The molecule has 5 heteroatoms. The van der Waals surface area contributed by atoms with Gasteiger partial charge >= 0.3 is 0 Å². The zero-order valence-electron chi connectivity index (χ0n) is 9.40. The lowest BCUT2D eigenvalue weighted by Crippen LogP contribution is -2.25. The van der Waals surface area contributed by atoms with Crippen LogP contribution in [-0.2, 0) is 0 Å². The summed E-state index contributed by atoms with van der Waals surface area (Å²) in [5.74, 6) is 2.33. The predicted octanol–water partition coefficient (Wildman–Crippen LogP) is 2.89. The van der Waals surface area contributed by atoms with Crippen molar-refractivity contribution in [2.45, 2.75) is 25.5 Å². The Labute approximate surface area is 106 Å². The highest BCUT2D eigenvalue weighted by molar-refractivity contribution is 6.67. The molecule has 3 nitrogen and oxygen atoms in total. The summed E-state index contributed by atoms with van der Waals surface area (Å²) in [6.07, 6.45) is 4.74. The fourth-order valence-electron chi connectivity index (χ4n) is 2.23. The quantitative estimate of drug-likeness (QED) is 0.595. The lowest BCUT2D eigenvalue weighted by Gasteiger charge is -2.21. The number of halogens is 1. The number of nitrogens with zero attached hydrogens (tertiary/aromatic N) is 2. The first-order valence-electron chi connectivity index (χ1n) is 5.76. The third kappa shape index (κ3) is 2.86. The van der Waals surface area contributed by atoms with Gasteiger partial charge < -0.3 is 0 Å². The maximum atomic E-state index is 12.1. The van der Waals surface area contributed by atoms with Gasteiger partial charge in [0.25, 0.3) is 6.71 Å². The van der Waals surface area contributed by atoms with Gasteiger partial charge in [-0.1, -0.05) is 24.2 Å². The van der Waals surface area contributed by atoms with Gasteiger partial charge in [0.15, 0.2) is 5.78 Å². The van der Waals surface area contributed by atoms with Crippen molar-refractivity contribution >= 4 is 24.1 Å². The SMILES string of the molecule is N#CB1CCC(C(=O)c2cc(Cl)ccn2)CC1. The van der Waals surface area contributed by atoms with E-state index in [0.717, 1.165) is 25.5 Å². The van der Waals surface area contributed by atoms with Crippen LogP contribution in [0.5, 0.6) is 0 Å². The summed E-state index contributed by atoms with van der Waals surface area (Å²) >= 11 is 5.84. The Balaban J connectivity index is 2.05. The topological polar surface area (TPSA) is 53.8 Å². The van der Waals surface area contributed by atoms with Gasteiger partial charge in [0, 0.05) is 23.1 Å². The molecule has 0 aliphatic carbocycles. The van der Waals surface area contributed by atoms with Crippen molar-refractivity contribution in [1.29, 1.82) is 5.26 Å². The minimum absolute atomic E-state index is 0.00515. The summed E-state index contributed by atoms with van der Waals surface area (Å²) < 4.78 is 0. The molecule has 0 N–H and O–H groups in total. The van der Waals surface area contributed by atoms with Gasteiger partial charge in [-0.2, -0.15) is 0 Å². The predicted molar refractivity (Wildman–Crippen MR) is 67.3 cm³/mol. The second-order valence-electron chi connectivity index (χ2n) is 4.40. The number of pyridine rings is 1. The molecule has 0 unspecified atom stereocenters. The summed E-state index contributed by atoms with van der Waals surface area (Å²) in [4.78, 5) is 16.2. The maximum Gasteiger partial charge on any atom is 0.267 e. The monoisotopic (exact) mass is 246 g/mol. The van der Waals surface area contributed by atoms with Crippen LogP contribution in [0.3, 0.4) is 0 Å². The Morgan fingerprint density at radius 3 is 2.82 bits per heavy atom. The van der Waals surface area contributed by atoms with Gasteiger partial charge in [0.2, 0.25) is 0 Å². The van der Waals surface area contributed by atoms with E-state index in [1.165, 1.54) is 0 Å². The molecule has 1 saturated heterocycles. The highest BCUT2D eigenvalue weighted by Gasteiger charge is 2.29. The molecule has 2 heterocycles. The van der Waals surface area contributed by atoms with E-state index in [2.05, 4.69) is 11.0 Å². The molecule has 1 aliphatic rings. The fraction of sp³-hybridized carbons (Fsp3) is 0.417. The van der Waals surface area contributed by atoms with Crippen LogP contribution in [0.25, 0.3) is 0 Å². The molecule has 0 aromatic carbocycles. The molecule has 86 valence electrons. The number of hydrogen-bond donors (Lipinski definition) is 0. The van der Waals surface area contributed by atoms with Crippen molar-refractivity contribution in [2.24, 2.45) is 5.92 Å². The van der Waals surface area contributed by atoms with Crippen LogP contribution in [0.4, 0.5) is 0 Å². The van der Waals surface area contributed by atoms with Crippen LogP contribution in [0.2, 0.25) is 17.7 Å². The van der Waals surface area contributed by atoms with Crippen molar-refractivity contribution in [3.05, 3.63) is 29.0 Å². The van der Waals surface area contributed by atoms with Crippen LogP contribution in [0, 0.1) is 17.1 Å². The Hall–Kier alpha value is -1.34. The van der Waals surface area contributed by atoms with E-state index < -0.39 is 0 Å². The number of nitriles is 1. The summed E-state index contributed by atoms with van der Waals surface area (Å²) in [6.45, 7) is 0.117. The molecule has 1 fully saturated rings. The van der Waals surface area contributed by atoms with Crippen molar-refractivity contribution in [1.82, 2.24) is 4.98 Å². The van der Waals surface area contributed by atoms with Crippen LogP contribution in [0.15, 0.2) is 18.3 Å². The molecule has 1 aliphatic heterocycles. The molecule has 1 aromatic rings. The number of carbonyl (C=O) groups is 1. The largest absolute Gasteiger partial charge is 0.292 e. The van der Waals surface area contributed by atoms with Crippen molar-refractivity contribution in [2.75, 3.05) is 0 Å². The second kappa shape index (κ2) is 5.33. The number of carbonyl (C=O) groups excluding carboxylic acids is 1. The van der Waals surface area contributed by atoms with Gasteiger partial charge in [-0.15, -0.1) is 0 Å². The third-order valence-corrected chi connectivity index (χ3v) is 3.49. The summed E-state index contributed by atoms with van der Waals surface area (Å²) in [6, 6.07) is 3.27. The van der Waals surface area contributed by atoms with E-state index in [-0.39, 0.29) is 18.4 Å². The van der Waals surface area contributed by atoms with Gasteiger partial charge in [-0.25, -0.2) is 5.26 Å². The number of ketones is 1. The molecule has 0 amide bonds. The first-order chi connectivity index (χ1) is 8.20. The summed E-state index contributed by atoms with van der Waals surface area (Å²) in [5.41, 5.74) is 0.443. The Kier molecular flexibility index (Phi) is 3.80. The van der Waals surface area contributed by atoms with Crippen LogP contribution >= 0.6 is 11.6 Å². The van der Waals surface area contributed by atoms with E-state index in [0.29, 0.717) is 10.7 Å². The maximum absolute atomic E-state index is 12.1. The second-order valence-corrected chi connectivity index (χ2v) is 4.84. The third-order valence-electron chi connectivity index (χ3n) is 3.25. The first kappa shape index (κ1) is 12.1. The lowest BCUT2D eigenvalue weighted by molar-refractivity contribution is 0.0905. The number of hydrogen-bond acceptors (Lipinski definition) is 3. The summed E-state index contributed by atoms with van der Waals surface area (Å²) in [7, 11) is 0. The average Bonchev–Trinajstić information content (AvgIpc) is 2.38.